The Hall–Kier alpha value is -1.54. The molecule has 0 aliphatic carbocycles. The van der Waals surface area contributed by atoms with Gasteiger partial charge in [-0.1, -0.05) is 44.2 Å². The first kappa shape index (κ1) is 13.5. The second kappa shape index (κ2) is 6.26. The Morgan fingerprint density at radius 2 is 1.53 bits per heavy atom. The van der Waals surface area contributed by atoms with Crippen LogP contribution in [0.5, 0.6) is 0 Å². The topological polar surface area (TPSA) is 23.5 Å². The summed E-state index contributed by atoms with van der Waals surface area (Å²) in [6.07, 6.45) is 0. The van der Waals surface area contributed by atoms with Crippen LogP contribution in [-0.2, 0) is 6.61 Å². The van der Waals surface area contributed by atoms with Gasteiger partial charge in [0.15, 0.2) is 0 Å². The molecule has 2 nitrogen and oxygen atoms in total. The summed E-state index contributed by atoms with van der Waals surface area (Å²) in [4.78, 5) is 2.09. The van der Waals surface area contributed by atoms with Gasteiger partial charge in [0, 0.05) is 25.2 Å². The zero-order chi connectivity index (χ0) is 12.8. The standard InChI is InChI=1S/C13H15NO.C2H6/c1-14(2)13-8-4-6-11-10(9-15)5-3-7-12(11)13;1-2/h3-8,15H,9H2,1-2H3;1-2H3. The van der Waals surface area contributed by atoms with Gasteiger partial charge in [0.25, 0.3) is 0 Å². The average molecular weight is 231 g/mol. The number of aliphatic hydroxyl groups excluding tert-OH is 1. The summed E-state index contributed by atoms with van der Waals surface area (Å²) in [5.41, 5.74) is 2.17. The molecule has 0 bridgehead atoms. The van der Waals surface area contributed by atoms with Crippen LogP contribution < -0.4 is 4.90 Å². The van der Waals surface area contributed by atoms with Crippen LogP contribution in [-0.4, -0.2) is 19.2 Å². The molecule has 0 spiro atoms. The zero-order valence-corrected chi connectivity index (χ0v) is 11.1. The summed E-state index contributed by atoms with van der Waals surface area (Å²) < 4.78 is 0. The van der Waals surface area contributed by atoms with Crippen molar-refractivity contribution in [2.24, 2.45) is 0 Å². The number of anilines is 1. The molecule has 0 unspecified atom stereocenters. The minimum atomic E-state index is 0.0915. The third-order valence-corrected chi connectivity index (χ3v) is 2.64. The molecular weight excluding hydrogens is 210 g/mol. The Morgan fingerprint density at radius 1 is 0.941 bits per heavy atom. The molecule has 0 amide bonds. The van der Waals surface area contributed by atoms with E-state index in [1.807, 2.05) is 52.2 Å². The van der Waals surface area contributed by atoms with Crippen molar-refractivity contribution in [2.45, 2.75) is 20.5 Å². The minimum Gasteiger partial charge on any atom is -0.392 e. The number of hydrogen-bond acceptors (Lipinski definition) is 2. The summed E-state index contributed by atoms with van der Waals surface area (Å²) in [5, 5.41) is 11.6. The monoisotopic (exact) mass is 231 g/mol. The van der Waals surface area contributed by atoms with Crippen molar-refractivity contribution in [3.63, 3.8) is 0 Å². The highest BCUT2D eigenvalue weighted by Gasteiger charge is 2.04. The number of benzene rings is 2. The molecule has 0 radical (unpaired) electrons. The van der Waals surface area contributed by atoms with E-state index in [9.17, 15) is 5.11 Å². The molecule has 0 aliphatic heterocycles. The molecule has 0 aromatic heterocycles. The molecule has 2 rings (SSSR count). The molecule has 1 N–H and O–H groups in total. The van der Waals surface area contributed by atoms with E-state index in [2.05, 4.69) is 17.0 Å². The number of rotatable bonds is 2. The quantitative estimate of drug-likeness (QED) is 0.856. The third kappa shape index (κ3) is 2.77. The van der Waals surface area contributed by atoms with Gasteiger partial charge in [-0.2, -0.15) is 0 Å². The number of aliphatic hydroxyl groups is 1. The molecular formula is C15H21NO. The minimum absolute atomic E-state index is 0.0915. The summed E-state index contributed by atoms with van der Waals surface area (Å²) in [6.45, 7) is 4.09. The van der Waals surface area contributed by atoms with Crippen molar-refractivity contribution in [3.8, 4) is 0 Å². The predicted molar refractivity (Wildman–Crippen MR) is 75.5 cm³/mol. The van der Waals surface area contributed by atoms with Gasteiger partial charge in [0.2, 0.25) is 0 Å². The van der Waals surface area contributed by atoms with E-state index in [0.29, 0.717) is 0 Å². The van der Waals surface area contributed by atoms with Gasteiger partial charge in [-0.3, -0.25) is 0 Å². The molecule has 2 aromatic carbocycles. The first-order valence-corrected chi connectivity index (χ1v) is 6.03. The highest BCUT2D eigenvalue weighted by molar-refractivity contribution is 5.96. The molecule has 2 aromatic rings. The fraction of sp³-hybridized carbons (Fsp3) is 0.333. The number of hydrogen-bond donors (Lipinski definition) is 1. The largest absolute Gasteiger partial charge is 0.392 e. The van der Waals surface area contributed by atoms with E-state index < -0.39 is 0 Å². The molecule has 0 heterocycles. The number of nitrogens with zero attached hydrogens (tertiary/aromatic N) is 1. The van der Waals surface area contributed by atoms with Crippen LogP contribution in [0.3, 0.4) is 0 Å². The zero-order valence-electron chi connectivity index (χ0n) is 11.1. The highest BCUT2D eigenvalue weighted by Crippen LogP contribution is 2.27. The lowest BCUT2D eigenvalue weighted by molar-refractivity contribution is 0.283. The van der Waals surface area contributed by atoms with Crippen LogP contribution in [0.2, 0.25) is 0 Å². The van der Waals surface area contributed by atoms with Crippen LogP contribution in [0.1, 0.15) is 19.4 Å². The van der Waals surface area contributed by atoms with E-state index in [-0.39, 0.29) is 6.61 Å². The fourth-order valence-electron chi connectivity index (χ4n) is 1.89. The maximum Gasteiger partial charge on any atom is 0.0687 e. The lowest BCUT2D eigenvalue weighted by Gasteiger charge is -2.16. The first-order valence-electron chi connectivity index (χ1n) is 6.03. The van der Waals surface area contributed by atoms with Gasteiger partial charge in [-0.25, -0.2) is 0 Å². The molecule has 0 fully saturated rings. The average Bonchev–Trinajstić information content (AvgIpc) is 2.39. The normalized spacial score (nSPS) is 9.71. The number of fused-ring (bicyclic) bond motifs is 1. The van der Waals surface area contributed by atoms with Gasteiger partial charge in [-0.05, 0) is 17.0 Å². The van der Waals surface area contributed by atoms with Crippen molar-refractivity contribution in [1.82, 2.24) is 0 Å². The van der Waals surface area contributed by atoms with Gasteiger partial charge in [-0.15, -0.1) is 0 Å². The van der Waals surface area contributed by atoms with E-state index in [1.54, 1.807) is 0 Å². The lowest BCUT2D eigenvalue weighted by Crippen LogP contribution is -2.09. The Bertz CT molecular complexity index is 477. The Labute approximate surface area is 103 Å². The smallest absolute Gasteiger partial charge is 0.0687 e. The third-order valence-electron chi connectivity index (χ3n) is 2.64. The summed E-state index contributed by atoms with van der Waals surface area (Å²) in [5.74, 6) is 0. The first-order chi connectivity index (χ1) is 8.24. The van der Waals surface area contributed by atoms with E-state index in [1.165, 1.54) is 11.1 Å². The summed E-state index contributed by atoms with van der Waals surface area (Å²) in [6, 6.07) is 12.2. The van der Waals surface area contributed by atoms with E-state index in [0.717, 1.165) is 10.9 Å². The van der Waals surface area contributed by atoms with Gasteiger partial charge < -0.3 is 10.0 Å². The molecule has 0 atom stereocenters. The Balaban J connectivity index is 0.000000686. The SMILES string of the molecule is CC.CN(C)c1cccc2c(CO)cccc12. The molecule has 17 heavy (non-hydrogen) atoms. The Kier molecular flexibility index (Phi) is 4.98. The van der Waals surface area contributed by atoms with Crippen molar-refractivity contribution in [1.29, 1.82) is 0 Å². The fourth-order valence-corrected chi connectivity index (χ4v) is 1.89. The van der Waals surface area contributed by atoms with Crippen LogP contribution in [0.4, 0.5) is 5.69 Å². The summed E-state index contributed by atoms with van der Waals surface area (Å²) >= 11 is 0. The molecule has 2 heteroatoms. The van der Waals surface area contributed by atoms with E-state index >= 15 is 0 Å². The second-order valence-corrected chi connectivity index (χ2v) is 3.84. The molecule has 0 saturated carbocycles. The molecule has 92 valence electrons. The van der Waals surface area contributed by atoms with E-state index in [4.69, 9.17) is 0 Å². The van der Waals surface area contributed by atoms with Crippen LogP contribution in [0.15, 0.2) is 36.4 Å². The maximum atomic E-state index is 9.25. The highest BCUT2D eigenvalue weighted by atomic mass is 16.3. The van der Waals surface area contributed by atoms with Gasteiger partial charge in [0.05, 0.1) is 6.61 Å². The Morgan fingerprint density at radius 3 is 2.12 bits per heavy atom. The van der Waals surface area contributed by atoms with Crippen molar-refractivity contribution < 1.29 is 5.11 Å². The maximum absolute atomic E-state index is 9.25. The summed E-state index contributed by atoms with van der Waals surface area (Å²) in [7, 11) is 4.06. The molecule has 0 saturated heterocycles. The van der Waals surface area contributed by atoms with Crippen molar-refractivity contribution in [2.75, 3.05) is 19.0 Å². The van der Waals surface area contributed by atoms with Crippen LogP contribution in [0, 0.1) is 0 Å². The lowest BCUT2D eigenvalue weighted by atomic mass is 10.0. The van der Waals surface area contributed by atoms with Gasteiger partial charge in [0.1, 0.15) is 0 Å². The molecule has 0 aliphatic rings. The second-order valence-electron chi connectivity index (χ2n) is 3.84. The van der Waals surface area contributed by atoms with Crippen molar-refractivity contribution >= 4 is 16.5 Å². The van der Waals surface area contributed by atoms with Gasteiger partial charge >= 0.3 is 0 Å². The predicted octanol–water partition coefficient (Wildman–Crippen LogP) is 3.42. The van der Waals surface area contributed by atoms with Crippen LogP contribution >= 0.6 is 0 Å². The van der Waals surface area contributed by atoms with Crippen molar-refractivity contribution in [3.05, 3.63) is 42.0 Å². The van der Waals surface area contributed by atoms with Crippen LogP contribution in [0.25, 0.3) is 10.8 Å².